The summed E-state index contributed by atoms with van der Waals surface area (Å²) in [6.45, 7) is 3.90. The molecule has 2 atom stereocenters. The van der Waals surface area contributed by atoms with Gasteiger partial charge in [0.05, 0.1) is 5.76 Å². The maximum Gasteiger partial charge on any atom is 0.159 e. The van der Waals surface area contributed by atoms with Gasteiger partial charge in [-0.1, -0.05) is 6.92 Å². The lowest BCUT2D eigenvalue weighted by molar-refractivity contribution is -0.117. The van der Waals surface area contributed by atoms with Crippen molar-refractivity contribution in [3.63, 3.8) is 0 Å². The SMILES string of the molecule is CC(C1CCOCC1)C1CC(=O)C=C(O)C1. The summed E-state index contributed by atoms with van der Waals surface area (Å²) in [5.41, 5.74) is 0. The largest absolute Gasteiger partial charge is 0.512 e. The Kier molecular flexibility index (Phi) is 3.64. The Balaban J connectivity index is 1.96. The number of rotatable bonds is 2. The molecule has 2 unspecified atom stereocenters. The van der Waals surface area contributed by atoms with Gasteiger partial charge in [0, 0.05) is 32.1 Å². The van der Waals surface area contributed by atoms with Crippen molar-refractivity contribution >= 4 is 5.78 Å². The van der Waals surface area contributed by atoms with E-state index in [1.54, 1.807) is 0 Å². The van der Waals surface area contributed by atoms with Crippen molar-refractivity contribution in [2.24, 2.45) is 17.8 Å². The Morgan fingerprint density at radius 1 is 1.31 bits per heavy atom. The van der Waals surface area contributed by atoms with Crippen LogP contribution in [-0.2, 0) is 9.53 Å². The van der Waals surface area contributed by atoms with E-state index < -0.39 is 0 Å². The molecule has 1 fully saturated rings. The Morgan fingerprint density at radius 3 is 2.62 bits per heavy atom. The van der Waals surface area contributed by atoms with Crippen molar-refractivity contribution in [3.05, 3.63) is 11.8 Å². The second-order valence-corrected chi connectivity index (χ2v) is 5.08. The maximum atomic E-state index is 11.4. The maximum absolute atomic E-state index is 11.4. The molecule has 1 aliphatic heterocycles. The summed E-state index contributed by atoms with van der Waals surface area (Å²) in [6.07, 6.45) is 4.84. The molecular formula is C13H20O3. The normalized spacial score (nSPS) is 29.9. The van der Waals surface area contributed by atoms with Gasteiger partial charge in [-0.25, -0.2) is 0 Å². The Hall–Kier alpha value is -0.830. The van der Waals surface area contributed by atoms with Gasteiger partial charge in [-0.05, 0) is 30.6 Å². The summed E-state index contributed by atoms with van der Waals surface area (Å²) in [5.74, 6) is 1.81. The molecule has 2 aliphatic rings. The fraction of sp³-hybridized carbons (Fsp3) is 0.769. The number of ketones is 1. The zero-order valence-corrected chi connectivity index (χ0v) is 9.82. The van der Waals surface area contributed by atoms with E-state index in [2.05, 4.69) is 6.92 Å². The molecule has 3 nitrogen and oxygen atoms in total. The number of aliphatic hydroxyl groups excluding tert-OH is 1. The van der Waals surface area contributed by atoms with Gasteiger partial charge >= 0.3 is 0 Å². The van der Waals surface area contributed by atoms with Crippen LogP contribution in [0.4, 0.5) is 0 Å². The second-order valence-electron chi connectivity index (χ2n) is 5.08. The standard InChI is InChI=1S/C13H20O3/c1-9(10-2-4-16-5-3-10)11-6-12(14)8-13(15)7-11/h8-11,14H,2-7H2,1H3. The van der Waals surface area contributed by atoms with Crippen LogP contribution >= 0.6 is 0 Å². The first kappa shape index (κ1) is 11.6. The molecule has 1 saturated heterocycles. The minimum Gasteiger partial charge on any atom is -0.512 e. The zero-order chi connectivity index (χ0) is 11.5. The molecule has 0 bridgehead atoms. The highest BCUT2D eigenvalue weighted by Crippen LogP contribution is 2.35. The van der Waals surface area contributed by atoms with E-state index in [-0.39, 0.29) is 11.5 Å². The lowest BCUT2D eigenvalue weighted by atomic mass is 9.74. The summed E-state index contributed by atoms with van der Waals surface area (Å²) in [7, 11) is 0. The Bertz CT molecular complexity index is 290. The van der Waals surface area contributed by atoms with E-state index >= 15 is 0 Å². The third-order valence-electron chi connectivity index (χ3n) is 4.02. The molecule has 0 aromatic carbocycles. The fourth-order valence-corrected chi connectivity index (χ4v) is 2.90. The van der Waals surface area contributed by atoms with E-state index in [0.717, 1.165) is 26.1 Å². The highest BCUT2D eigenvalue weighted by atomic mass is 16.5. The summed E-state index contributed by atoms with van der Waals surface area (Å²) >= 11 is 0. The van der Waals surface area contributed by atoms with Crippen LogP contribution in [0.15, 0.2) is 11.8 Å². The number of carbonyl (C=O) groups is 1. The minimum absolute atomic E-state index is 0.0765. The van der Waals surface area contributed by atoms with Crippen LogP contribution in [0.3, 0.4) is 0 Å². The van der Waals surface area contributed by atoms with Crippen LogP contribution < -0.4 is 0 Å². The molecule has 0 saturated carbocycles. The van der Waals surface area contributed by atoms with Gasteiger partial charge in [-0.2, -0.15) is 0 Å². The molecule has 0 aromatic rings. The number of carbonyl (C=O) groups excluding carboxylic acids is 1. The molecule has 1 N–H and O–H groups in total. The van der Waals surface area contributed by atoms with Crippen LogP contribution in [0.2, 0.25) is 0 Å². The predicted octanol–water partition coefficient (Wildman–Crippen LogP) is 2.47. The quantitative estimate of drug-likeness (QED) is 0.783. The smallest absolute Gasteiger partial charge is 0.159 e. The molecule has 90 valence electrons. The number of hydrogen-bond donors (Lipinski definition) is 1. The first-order valence-corrected chi connectivity index (χ1v) is 6.17. The van der Waals surface area contributed by atoms with E-state index in [9.17, 15) is 9.90 Å². The van der Waals surface area contributed by atoms with Gasteiger partial charge in [0.1, 0.15) is 0 Å². The predicted molar refractivity (Wildman–Crippen MR) is 61.1 cm³/mol. The van der Waals surface area contributed by atoms with Crippen molar-refractivity contribution < 1.29 is 14.6 Å². The van der Waals surface area contributed by atoms with E-state index in [0.29, 0.717) is 30.6 Å². The fourth-order valence-electron chi connectivity index (χ4n) is 2.90. The van der Waals surface area contributed by atoms with Gasteiger partial charge in [0.25, 0.3) is 0 Å². The molecular weight excluding hydrogens is 204 g/mol. The van der Waals surface area contributed by atoms with Gasteiger partial charge in [0.15, 0.2) is 5.78 Å². The zero-order valence-electron chi connectivity index (χ0n) is 9.82. The van der Waals surface area contributed by atoms with Gasteiger partial charge in [-0.3, -0.25) is 4.79 Å². The molecule has 2 rings (SSSR count). The summed E-state index contributed by atoms with van der Waals surface area (Å²) in [6, 6.07) is 0. The molecule has 3 heteroatoms. The molecule has 16 heavy (non-hydrogen) atoms. The number of ether oxygens (including phenoxy) is 1. The summed E-state index contributed by atoms with van der Waals surface area (Å²) in [4.78, 5) is 11.4. The van der Waals surface area contributed by atoms with Gasteiger partial charge in [-0.15, -0.1) is 0 Å². The van der Waals surface area contributed by atoms with Gasteiger partial charge < -0.3 is 9.84 Å². The average molecular weight is 224 g/mol. The highest BCUT2D eigenvalue weighted by Gasteiger charge is 2.31. The molecule has 1 heterocycles. The van der Waals surface area contributed by atoms with Crippen molar-refractivity contribution in [2.45, 2.75) is 32.6 Å². The van der Waals surface area contributed by atoms with E-state index in [4.69, 9.17) is 4.74 Å². The van der Waals surface area contributed by atoms with Crippen molar-refractivity contribution in [1.29, 1.82) is 0 Å². The van der Waals surface area contributed by atoms with Crippen LogP contribution in [0.5, 0.6) is 0 Å². The monoisotopic (exact) mass is 224 g/mol. The molecule has 0 radical (unpaired) electrons. The first-order valence-electron chi connectivity index (χ1n) is 6.17. The van der Waals surface area contributed by atoms with Crippen molar-refractivity contribution in [3.8, 4) is 0 Å². The van der Waals surface area contributed by atoms with Crippen LogP contribution in [-0.4, -0.2) is 24.1 Å². The van der Waals surface area contributed by atoms with Crippen LogP contribution in [0, 0.1) is 17.8 Å². The highest BCUT2D eigenvalue weighted by molar-refractivity contribution is 5.91. The Labute approximate surface area is 96.5 Å². The number of hydrogen-bond acceptors (Lipinski definition) is 3. The molecule has 0 amide bonds. The van der Waals surface area contributed by atoms with Crippen molar-refractivity contribution in [1.82, 2.24) is 0 Å². The Morgan fingerprint density at radius 2 is 2.00 bits per heavy atom. The third-order valence-corrected chi connectivity index (χ3v) is 4.02. The third kappa shape index (κ3) is 2.64. The number of aliphatic hydroxyl groups is 1. The average Bonchev–Trinajstić information content (AvgIpc) is 2.28. The van der Waals surface area contributed by atoms with Crippen LogP contribution in [0.1, 0.15) is 32.6 Å². The van der Waals surface area contributed by atoms with Crippen LogP contribution in [0.25, 0.3) is 0 Å². The minimum atomic E-state index is 0.0765. The van der Waals surface area contributed by atoms with Gasteiger partial charge in [0.2, 0.25) is 0 Å². The second kappa shape index (κ2) is 5.00. The first-order chi connectivity index (χ1) is 7.66. The number of allylic oxidation sites excluding steroid dienone is 2. The summed E-state index contributed by atoms with van der Waals surface area (Å²) < 4.78 is 5.35. The van der Waals surface area contributed by atoms with Crippen molar-refractivity contribution in [2.75, 3.05) is 13.2 Å². The lowest BCUT2D eigenvalue weighted by Gasteiger charge is -2.34. The van der Waals surface area contributed by atoms with E-state index in [1.807, 2.05) is 0 Å². The molecule has 0 aromatic heterocycles. The summed E-state index contributed by atoms with van der Waals surface area (Å²) in [5, 5.41) is 9.51. The molecule has 0 spiro atoms. The topological polar surface area (TPSA) is 46.5 Å². The lowest BCUT2D eigenvalue weighted by Crippen LogP contribution is -2.29. The molecule has 1 aliphatic carbocycles. The van der Waals surface area contributed by atoms with E-state index in [1.165, 1.54) is 6.08 Å².